The molecule has 2 N–H and O–H groups in total. The third-order valence-electron chi connectivity index (χ3n) is 6.19. The molecule has 0 unspecified atom stereocenters. The quantitative estimate of drug-likeness (QED) is 0.475. The predicted octanol–water partition coefficient (Wildman–Crippen LogP) is 1.61. The first-order valence-corrected chi connectivity index (χ1v) is 14.9. The second-order valence-electron chi connectivity index (χ2n) is 9.14. The number of nitrogens with one attached hydrogen (secondary N) is 1. The van der Waals surface area contributed by atoms with Crippen molar-refractivity contribution in [1.29, 1.82) is 0 Å². The number of aliphatic hydroxyl groups excluding tert-OH is 1. The smallest absolute Gasteiger partial charge is 0.258 e. The van der Waals surface area contributed by atoms with Crippen LogP contribution in [0.3, 0.4) is 0 Å². The van der Waals surface area contributed by atoms with E-state index in [9.17, 15) is 26.7 Å². The van der Waals surface area contributed by atoms with E-state index in [1.165, 1.54) is 49.4 Å². The molecule has 11 nitrogen and oxygen atoms in total. The van der Waals surface area contributed by atoms with Crippen LogP contribution < -0.4 is 14.2 Å². The van der Waals surface area contributed by atoms with Gasteiger partial charge in [-0.3, -0.25) is 9.52 Å². The number of carbonyl (C=O) groups is 1. The normalized spacial score (nSPS) is 19.4. The summed E-state index contributed by atoms with van der Waals surface area (Å²) in [6.45, 7) is 3.32. The molecule has 0 radical (unpaired) electrons. The topological polar surface area (TPSA) is 143 Å². The Balaban J connectivity index is 2.03. The van der Waals surface area contributed by atoms with Gasteiger partial charge in [0, 0.05) is 19.5 Å². The number of aliphatic hydroxyl groups is 1. The van der Waals surface area contributed by atoms with E-state index in [0.29, 0.717) is 5.75 Å². The summed E-state index contributed by atoms with van der Waals surface area (Å²) in [5.74, 6) is -0.298. The molecule has 2 aromatic carbocycles. The summed E-state index contributed by atoms with van der Waals surface area (Å²) in [5.41, 5.74) is 0.163. The van der Waals surface area contributed by atoms with Gasteiger partial charge in [0.25, 0.3) is 5.91 Å². The van der Waals surface area contributed by atoms with Crippen LogP contribution in [-0.2, 0) is 20.0 Å². The highest BCUT2D eigenvalue weighted by Gasteiger charge is 2.36. The van der Waals surface area contributed by atoms with Crippen molar-refractivity contribution in [3.8, 4) is 11.5 Å². The van der Waals surface area contributed by atoms with Gasteiger partial charge in [-0.2, -0.15) is 4.31 Å². The number of sulfonamides is 2. The first-order chi connectivity index (χ1) is 17.3. The molecule has 0 spiro atoms. The SMILES string of the molecule is COc1ccc(S(=O)(=O)N(C)C[C@H]2Oc3c(NS(C)(=O)=O)cccc3C(=O)N([C@@H](C)CO)C[C@@H]2C)cc1. The molecule has 0 aromatic heterocycles. The first-order valence-electron chi connectivity index (χ1n) is 11.6. The number of amides is 1. The van der Waals surface area contributed by atoms with Crippen LogP contribution in [0.25, 0.3) is 0 Å². The van der Waals surface area contributed by atoms with Gasteiger partial charge in [0.15, 0.2) is 5.75 Å². The van der Waals surface area contributed by atoms with E-state index < -0.39 is 38.1 Å². The lowest BCUT2D eigenvalue weighted by atomic mass is 9.99. The van der Waals surface area contributed by atoms with Gasteiger partial charge in [-0.25, -0.2) is 16.8 Å². The van der Waals surface area contributed by atoms with E-state index in [-0.39, 0.29) is 47.5 Å². The number of methoxy groups -OCH3 is 1. The zero-order chi connectivity index (χ0) is 27.5. The molecule has 2 aromatic rings. The van der Waals surface area contributed by atoms with Crippen LogP contribution in [0.4, 0.5) is 5.69 Å². The standard InChI is InChI=1S/C24H33N3O8S2/c1-16-13-27(17(2)15-28)24(29)20-7-6-8-21(25-36(5,30)31)23(20)35-22(16)14-26(3)37(32,33)19-11-9-18(34-4)10-12-19/h6-12,16-17,22,25,28H,13-15H2,1-5H3/t16-,17-,22+/m0/s1. The van der Waals surface area contributed by atoms with E-state index in [1.54, 1.807) is 26.0 Å². The van der Waals surface area contributed by atoms with Crippen molar-refractivity contribution < 1.29 is 36.2 Å². The van der Waals surface area contributed by atoms with Crippen LogP contribution in [0.1, 0.15) is 24.2 Å². The van der Waals surface area contributed by atoms with Crippen molar-refractivity contribution in [3.63, 3.8) is 0 Å². The molecule has 0 saturated carbocycles. The Labute approximate surface area is 218 Å². The summed E-state index contributed by atoms with van der Waals surface area (Å²) in [6, 6.07) is 9.95. The molecule has 0 fully saturated rings. The van der Waals surface area contributed by atoms with Crippen LogP contribution in [0, 0.1) is 5.92 Å². The number of hydrogen-bond acceptors (Lipinski definition) is 8. The van der Waals surface area contributed by atoms with E-state index in [0.717, 1.165) is 10.6 Å². The summed E-state index contributed by atoms with van der Waals surface area (Å²) in [5, 5.41) is 9.78. The minimum atomic E-state index is -3.90. The van der Waals surface area contributed by atoms with Crippen LogP contribution in [-0.4, -0.2) is 89.3 Å². The molecule has 3 atom stereocenters. The first kappa shape index (κ1) is 28.7. The van der Waals surface area contributed by atoms with Crippen molar-refractivity contribution in [2.45, 2.75) is 30.9 Å². The number of benzene rings is 2. The highest BCUT2D eigenvalue weighted by atomic mass is 32.2. The number of nitrogens with zero attached hydrogens (tertiary/aromatic N) is 2. The molecule has 1 amide bonds. The van der Waals surface area contributed by atoms with E-state index in [4.69, 9.17) is 9.47 Å². The maximum absolute atomic E-state index is 13.4. The Morgan fingerprint density at radius 1 is 1.19 bits per heavy atom. The molecular weight excluding hydrogens is 522 g/mol. The number of para-hydroxylation sites is 1. The molecule has 0 saturated heterocycles. The van der Waals surface area contributed by atoms with E-state index >= 15 is 0 Å². The fourth-order valence-corrected chi connectivity index (χ4v) is 5.76. The van der Waals surface area contributed by atoms with Gasteiger partial charge in [-0.1, -0.05) is 13.0 Å². The lowest BCUT2D eigenvalue weighted by molar-refractivity contribution is 0.0389. The zero-order valence-electron chi connectivity index (χ0n) is 21.4. The highest BCUT2D eigenvalue weighted by Crippen LogP contribution is 2.35. The van der Waals surface area contributed by atoms with Crippen molar-refractivity contribution in [2.75, 3.05) is 44.8 Å². The highest BCUT2D eigenvalue weighted by molar-refractivity contribution is 7.92. The summed E-state index contributed by atoms with van der Waals surface area (Å²) in [6.07, 6.45) is 0.216. The summed E-state index contributed by atoms with van der Waals surface area (Å²) in [4.78, 5) is 15.0. The molecule has 13 heteroatoms. The summed E-state index contributed by atoms with van der Waals surface area (Å²) < 4.78 is 65.4. The second kappa shape index (κ2) is 11.3. The molecule has 1 aliphatic rings. The van der Waals surface area contributed by atoms with E-state index in [2.05, 4.69) is 4.72 Å². The summed E-state index contributed by atoms with van der Waals surface area (Å²) in [7, 11) is -4.71. The molecule has 204 valence electrons. The second-order valence-corrected chi connectivity index (χ2v) is 12.9. The Hall–Kier alpha value is -2.87. The van der Waals surface area contributed by atoms with Crippen molar-refractivity contribution in [3.05, 3.63) is 48.0 Å². The minimum Gasteiger partial charge on any atom is -0.497 e. The number of hydrogen-bond donors (Lipinski definition) is 2. The average Bonchev–Trinajstić information content (AvgIpc) is 2.85. The van der Waals surface area contributed by atoms with Crippen LogP contribution in [0.5, 0.6) is 11.5 Å². The molecule has 1 heterocycles. The van der Waals surface area contributed by atoms with Gasteiger partial charge >= 0.3 is 0 Å². The Bertz CT molecular complexity index is 1330. The Kier molecular flexibility index (Phi) is 8.73. The fourth-order valence-electron chi connectivity index (χ4n) is 4.02. The average molecular weight is 556 g/mol. The van der Waals surface area contributed by atoms with Crippen molar-refractivity contribution >= 4 is 31.6 Å². The van der Waals surface area contributed by atoms with Crippen LogP contribution in [0.2, 0.25) is 0 Å². The van der Waals surface area contributed by atoms with Gasteiger partial charge < -0.3 is 19.5 Å². The maximum atomic E-state index is 13.4. The van der Waals surface area contributed by atoms with Crippen LogP contribution >= 0.6 is 0 Å². The molecule has 37 heavy (non-hydrogen) atoms. The largest absolute Gasteiger partial charge is 0.497 e. The van der Waals surface area contributed by atoms with Crippen molar-refractivity contribution in [1.82, 2.24) is 9.21 Å². The Morgan fingerprint density at radius 2 is 1.84 bits per heavy atom. The summed E-state index contributed by atoms with van der Waals surface area (Å²) >= 11 is 0. The fraction of sp³-hybridized carbons (Fsp3) is 0.458. The number of carbonyl (C=O) groups excluding carboxylic acids is 1. The number of ether oxygens (including phenoxy) is 2. The number of likely N-dealkylation sites (N-methyl/N-ethyl adjacent to an activating group) is 1. The maximum Gasteiger partial charge on any atom is 0.258 e. The lowest BCUT2D eigenvalue weighted by Crippen LogP contribution is -2.50. The third kappa shape index (κ3) is 6.53. The number of rotatable bonds is 9. The zero-order valence-corrected chi connectivity index (χ0v) is 23.0. The third-order valence-corrected chi connectivity index (χ3v) is 8.62. The number of fused-ring (bicyclic) bond motifs is 1. The molecule has 0 bridgehead atoms. The van der Waals surface area contributed by atoms with Gasteiger partial charge in [0.05, 0.1) is 48.7 Å². The molecule has 0 aliphatic carbocycles. The van der Waals surface area contributed by atoms with E-state index in [1.807, 2.05) is 0 Å². The minimum absolute atomic E-state index is 0.000129. The van der Waals surface area contributed by atoms with Crippen LogP contribution in [0.15, 0.2) is 47.4 Å². The number of anilines is 1. The monoisotopic (exact) mass is 555 g/mol. The van der Waals surface area contributed by atoms with Crippen molar-refractivity contribution in [2.24, 2.45) is 5.92 Å². The lowest BCUT2D eigenvalue weighted by Gasteiger charge is -2.38. The molecule has 3 rings (SSSR count). The van der Waals surface area contributed by atoms with Gasteiger partial charge in [0.2, 0.25) is 20.0 Å². The van der Waals surface area contributed by atoms with Gasteiger partial charge in [-0.15, -0.1) is 0 Å². The molecule has 1 aliphatic heterocycles. The predicted molar refractivity (Wildman–Crippen MR) is 139 cm³/mol. The van der Waals surface area contributed by atoms with Gasteiger partial charge in [0.1, 0.15) is 11.9 Å². The Morgan fingerprint density at radius 3 is 2.41 bits per heavy atom. The molecular formula is C24H33N3O8S2. The van der Waals surface area contributed by atoms with Gasteiger partial charge in [-0.05, 0) is 43.3 Å².